The van der Waals surface area contributed by atoms with E-state index < -0.39 is 18.0 Å². The molecule has 1 heterocycles. The molecule has 0 bridgehead atoms. The minimum Gasteiger partial charge on any atom is -0.378 e. The molecule has 2 aliphatic rings. The quantitative estimate of drug-likeness (QED) is 0.876. The smallest absolute Gasteiger partial charge is 0.378 e. The SMILES string of the molecule is O=C(NC(=O)C(F)(F)F)C1=C(N2CCOCC2)/C(=C/c2ccccc2)CC1. The Morgan fingerprint density at radius 3 is 2.37 bits per heavy atom. The average molecular weight is 380 g/mol. The highest BCUT2D eigenvalue weighted by atomic mass is 19.4. The second kappa shape index (κ2) is 7.96. The zero-order valence-electron chi connectivity index (χ0n) is 14.5. The van der Waals surface area contributed by atoms with Crippen molar-refractivity contribution in [3.63, 3.8) is 0 Å². The second-order valence-corrected chi connectivity index (χ2v) is 6.29. The molecule has 1 N–H and O–H groups in total. The predicted molar refractivity (Wildman–Crippen MR) is 92.3 cm³/mol. The molecule has 0 spiro atoms. The number of alkyl halides is 3. The molecule has 3 rings (SSSR count). The summed E-state index contributed by atoms with van der Waals surface area (Å²) in [6.45, 7) is 2.01. The number of morpholine rings is 1. The van der Waals surface area contributed by atoms with Crippen LogP contribution in [0.25, 0.3) is 6.08 Å². The third-order valence-electron chi connectivity index (χ3n) is 4.46. The van der Waals surface area contributed by atoms with Crippen molar-refractivity contribution in [1.82, 2.24) is 10.2 Å². The molecule has 1 aromatic rings. The van der Waals surface area contributed by atoms with E-state index >= 15 is 0 Å². The fourth-order valence-corrected chi connectivity index (χ4v) is 3.23. The zero-order chi connectivity index (χ0) is 19.4. The van der Waals surface area contributed by atoms with E-state index in [-0.39, 0.29) is 12.0 Å². The molecule has 0 unspecified atom stereocenters. The monoisotopic (exact) mass is 380 g/mol. The number of imide groups is 1. The third kappa shape index (κ3) is 4.57. The van der Waals surface area contributed by atoms with Gasteiger partial charge in [-0.1, -0.05) is 30.3 Å². The summed E-state index contributed by atoms with van der Waals surface area (Å²) in [6.07, 6.45) is -2.37. The predicted octanol–water partition coefficient (Wildman–Crippen LogP) is 2.66. The van der Waals surface area contributed by atoms with Crippen LogP contribution in [0.1, 0.15) is 18.4 Å². The highest BCUT2D eigenvalue weighted by Crippen LogP contribution is 2.36. The van der Waals surface area contributed by atoms with Gasteiger partial charge in [0.15, 0.2) is 0 Å². The van der Waals surface area contributed by atoms with Gasteiger partial charge in [-0.15, -0.1) is 0 Å². The average Bonchev–Trinajstić information content (AvgIpc) is 3.06. The third-order valence-corrected chi connectivity index (χ3v) is 4.46. The molecule has 1 aliphatic carbocycles. The Hall–Kier alpha value is -2.61. The number of halogens is 3. The maximum Gasteiger partial charge on any atom is 0.471 e. The molecular formula is C19H19F3N2O3. The summed E-state index contributed by atoms with van der Waals surface area (Å²) in [5.74, 6) is -3.24. The van der Waals surface area contributed by atoms with Crippen LogP contribution in [0.4, 0.5) is 13.2 Å². The molecule has 1 saturated heterocycles. The van der Waals surface area contributed by atoms with Gasteiger partial charge in [-0.3, -0.25) is 14.9 Å². The van der Waals surface area contributed by atoms with Gasteiger partial charge >= 0.3 is 12.1 Å². The number of hydrogen-bond acceptors (Lipinski definition) is 4. The van der Waals surface area contributed by atoms with Gasteiger partial charge in [0, 0.05) is 24.4 Å². The van der Waals surface area contributed by atoms with Gasteiger partial charge in [-0.25, -0.2) is 0 Å². The number of nitrogens with zero attached hydrogens (tertiary/aromatic N) is 1. The van der Waals surface area contributed by atoms with Crippen molar-refractivity contribution in [2.45, 2.75) is 19.0 Å². The minimum absolute atomic E-state index is 0.205. The van der Waals surface area contributed by atoms with Crippen LogP contribution in [-0.2, 0) is 14.3 Å². The van der Waals surface area contributed by atoms with Crippen molar-refractivity contribution >= 4 is 17.9 Å². The highest BCUT2D eigenvalue weighted by molar-refractivity contribution is 6.07. The molecule has 27 heavy (non-hydrogen) atoms. The largest absolute Gasteiger partial charge is 0.471 e. The van der Waals surface area contributed by atoms with Crippen LogP contribution >= 0.6 is 0 Å². The molecule has 1 aliphatic heterocycles. The molecule has 5 nitrogen and oxygen atoms in total. The number of benzene rings is 1. The Balaban J connectivity index is 1.93. The number of amides is 2. The summed E-state index contributed by atoms with van der Waals surface area (Å²) in [5, 5.41) is 1.47. The van der Waals surface area contributed by atoms with Gasteiger partial charge in [-0.2, -0.15) is 13.2 Å². The first-order valence-electron chi connectivity index (χ1n) is 8.60. The van der Waals surface area contributed by atoms with Gasteiger partial charge < -0.3 is 9.64 Å². The van der Waals surface area contributed by atoms with Crippen molar-refractivity contribution in [2.75, 3.05) is 26.3 Å². The molecule has 0 aromatic heterocycles. The number of ether oxygens (including phenoxy) is 1. The van der Waals surface area contributed by atoms with E-state index in [9.17, 15) is 22.8 Å². The lowest BCUT2D eigenvalue weighted by Crippen LogP contribution is -2.42. The number of nitrogens with one attached hydrogen (secondary N) is 1. The number of hydrogen-bond donors (Lipinski definition) is 1. The van der Waals surface area contributed by atoms with Gasteiger partial charge in [0.25, 0.3) is 5.91 Å². The topological polar surface area (TPSA) is 58.6 Å². The van der Waals surface area contributed by atoms with E-state index in [4.69, 9.17) is 4.74 Å². The summed E-state index contributed by atoms with van der Waals surface area (Å²) in [7, 11) is 0. The first kappa shape index (κ1) is 19.2. The molecular weight excluding hydrogens is 361 g/mol. The van der Waals surface area contributed by atoms with Crippen molar-refractivity contribution in [2.24, 2.45) is 0 Å². The van der Waals surface area contributed by atoms with Crippen molar-refractivity contribution in [1.29, 1.82) is 0 Å². The summed E-state index contributed by atoms with van der Waals surface area (Å²) >= 11 is 0. The normalized spacial score (nSPS) is 19.5. The summed E-state index contributed by atoms with van der Waals surface area (Å²) in [5.41, 5.74) is 2.62. The van der Waals surface area contributed by atoms with Crippen molar-refractivity contribution < 1.29 is 27.5 Å². The van der Waals surface area contributed by atoms with Gasteiger partial charge in [0.1, 0.15) is 0 Å². The summed E-state index contributed by atoms with van der Waals surface area (Å²) in [6, 6.07) is 9.48. The van der Waals surface area contributed by atoms with Crippen LogP contribution in [0.5, 0.6) is 0 Å². The maximum absolute atomic E-state index is 12.5. The van der Waals surface area contributed by atoms with Crippen LogP contribution in [0.15, 0.2) is 47.2 Å². The lowest BCUT2D eigenvalue weighted by Gasteiger charge is -2.31. The van der Waals surface area contributed by atoms with Gasteiger partial charge in [0.2, 0.25) is 0 Å². The first-order chi connectivity index (χ1) is 12.9. The Morgan fingerprint density at radius 2 is 1.74 bits per heavy atom. The maximum atomic E-state index is 12.5. The molecule has 0 saturated carbocycles. The molecule has 1 fully saturated rings. The minimum atomic E-state index is -5.10. The Bertz CT molecular complexity index is 779. The Morgan fingerprint density at radius 1 is 1.07 bits per heavy atom. The molecule has 2 amide bonds. The number of rotatable bonds is 3. The van der Waals surface area contributed by atoms with Crippen LogP contribution in [-0.4, -0.2) is 49.2 Å². The molecule has 8 heteroatoms. The number of carbonyl (C=O) groups is 2. The second-order valence-electron chi connectivity index (χ2n) is 6.29. The van der Waals surface area contributed by atoms with E-state index in [0.29, 0.717) is 38.4 Å². The van der Waals surface area contributed by atoms with Crippen LogP contribution in [0, 0.1) is 0 Å². The van der Waals surface area contributed by atoms with Crippen LogP contribution in [0.2, 0.25) is 0 Å². The summed E-state index contributed by atoms with van der Waals surface area (Å²) in [4.78, 5) is 25.5. The fourth-order valence-electron chi connectivity index (χ4n) is 3.23. The van der Waals surface area contributed by atoms with Crippen LogP contribution in [0.3, 0.4) is 0 Å². The molecule has 0 atom stereocenters. The Kier molecular flexibility index (Phi) is 5.65. The lowest BCUT2D eigenvalue weighted by atomic mass is 10.1. The lowest BCUT2D eigenvalue weighted by molar-refractivity contribution is -0.174. The van der Waals surface area contributed by atoms with Crippen molar-refractivity contribution in [3.05, 3.63) is 52.7 Å². The fraction of sp³-hybridized carbons (Fsp3) is 0.368. The van der Waals surface area contributed by atoms with E-state index in [2.05, 4.69) is 0 Å². The van der Waals surface area contributed by atoms with E-state index in [1.54, 1.807) is 0 Å². The van der Waals surface area contributed by atoms with E-state index in [1.165, 1.54) is 5.32 Å². The van der Waals surface area contributed by atoms with Crippen molar-refractivity contribution in [3.8, 4) is 0 Å². The summed E-state index contributed by atoms with van der Waals surface area (Å²) < 4.78 is 42.8. The highest BCUT2D eigenvalue weighted by Gasteiger charge is 2.41. The van der Waals surface area contributed by atoms with Gasteiger partial charge in [0.05, 0.1) is 13.2 Å². The van der Waals surface area contributed by atoms with Crippen LogP contribution < -0.4 is 5.32 Å². The molecule has 0 radical (unpaired) electrons. The van der Waals surface area contributed by atoms with E-state index in [1.807, 2.05) is 41.3 Å². The number of allylic oxidation sites excluding steroid dienone is 1. The first-order valence-corrected chi connectivity index (χ1v) is 8.60. The van der Waals surface area contributed by atoms with Gasteiger partial charge in [-0.05, 0) is 30.1 Å². The van der Waals surface area contributed by atoms with E-state index in [0.717, 1.165) is 11.1 Å². The molecule has 1 aromatic carbocycles. The number of carbonyl (C=O) groups excluding carboxylic acids is 2. The Labute approximate surface area is 154 Å². The zero-order valence-corrected chi connectivity index (χ0v) is 14.5. The standard InChI is InChI=1S/C19H19F3N2O3/c20-19(21,22)18(26)23-17(25)15-7-6-14(12-13-4-2-1-3-5-13)16(15)24-8-10-27-11-9-24/h1-5,12H,6-11H2,(H,23,25,26)/b14-12+. The molecule has 144 valence electrons.